The number of unbranched alkanes of at least 4 members (excludes halogenated alkanes) is 2. The third-order valence-corrected chi connectivity index (χ3v) is 9.56. The van der Waals surface area contributed by atoms with Gasteiger partial charge in [0.05, 0.1) is 24.8 Å². The summed E-state index contributed by atoms with van der Waals surface area (Å²) in [5.74, 6) is 0.120. The number of carbonyl (C=O) groups is 2. The number of ketones is 1. The molecule has 0 unspecified atom stereocenters. The molecule has 1 aromatic heterocycles. The summed E-state index contributed by atoms with van der Waals surface area (Å²) in [6.45, 7) is 5.37. The van der Waals surface area contributed by atoms with E-state index < -0.39 is 17.7 Å². The number of aromatic nitrogens is 2. The highest BCUT2D eigenvalue weighted by Gasteiger charge is 2.48. The molecule has 4 aromatic rings. The van der Waals surface area contributed by atoms with Crippen LogP contribution < -0.4 is 14.4 Å². The molecule has 0 spiro atoms. The van der Waals surface area contributed by atoms with Gasteiger partial charge in [-0.15, -0.1) is 10.2 Å². The van der Waals surface area contributed by atoms with Crippen molar-refractivity contribution in [2.75, 3.05) is 18.1 Å². The van der Waals surface area contributed by atoms with Gasteiger partial charge in [0.15, 0.2) is 4.34 Å². The summed E-state index contributed by atoms with van der Waals surface area (Å²) >= 11 is 8.70. The highest BCUT2D eigenvalue weighted by atomic mass is 35.5. The number of Topliss-reactive ketones (excluding diaryl/α,β-unsaturated/α-hetero) is 1. The first kappa shape index (κ1) is 32.5. The number of hydrogen-bond donors (Lipinski definition) is 1. The fourth-order valence-corrected chi connectivity index (χ4v) is 6.66. The fourth-order valence-electron chi connectivity index (χ4n) is 4.71. The van der Waals surface area contributed by atoms with Crippen LogP contribution in [0.1, 0.15) is 62.3 Å². The number of anilines is 1. The molecular weight excluding hydrogens is 630 g/mol. The quantitative estimate of drug-likeness (QED) is 0.0358. The van der Waals surface area contributed by atoms with Crippen molar-refractivity contribution in [3.63, 3.8) is 0 Å². The first-order valence-electron chi connectivity index (χ1n) is 14.9. The third-order valence-electron chi connectivity index (χ3n) is 7.18. The summed E-state index contributed by atoms with van der Waals surface area (Å²) < 4.78 is 12.2. The van der Waals surface area contributed by atoms with E-state index in [2.05, 4.69) is 24.0 Å². The van der Waals surface area contributed by atoms with Crippen molar-refractivity contribution in [3.05, 3.63) is 100 Å². The SMILES string of the molecule is CCCCOc1ccc(C(O)=C2C(=O)C(=O)N(c3nnc(SCc4ccc(Cl)cc4)s3)[C@H]2c2ccc(OCCCC)cc2)cc1. The van der Waals surface area contributed by atoms with Gasteiger partial charge in [0.1, 0.15) is 17.3 Å². The van der Waals surface area contributed by atoms with Crippen LogP contribution in [0.4, 0.5) is 5.13 Å². The summed E-state index contributed by atoms with van der Waals surface area (Å²) in [7, 11) is 0. The van der Waals surface area contributed by atoms with Crippen molar-refractivity contribution in [3.8, 4) is 11.5 Å². The maximum Gasteiger partial charge on any atom is 0.301 e. The van der Waals surface area contributed by atoms with Gasteiger partial charge in [-0.1, -0.05) is 85.7 Å². The van der Waals surface area contributed by atoms with E-state index in [4.69, 9.17) is 21.1 Å². The molecule has 1 aliphatic heterocycles. The maximum atomic E-state index is 13.6. The molecule has 11 heteroatoms. The van der Waals surface area contributed by atoms with Crippen LogP contribution in [-0.4, -0.2) is 40.2 Å². The van der Waals surface area contributed by atoms with Crippen LogP contribution in [0.15, 0.2) is 82.7 Å². The normalized spacial score (nSPS) is 15.9. The topological polar surface area (TPSA) is 102 Å². The highest BCUT2D eigenvalue weighted by Crippen LogP contribution is 2.44. The number of rotatable bonds is 14. The molecule has 3 aromatic carbocycles. The van der Waals surface area contributed by atoms with Crippen molar-refractivity contribution in [2.24, 2.45) is 0 Å². The number of nitrogens with zero attached hydrogens (tertiary/aromatic N) is 3. The molecule has 5 rings (SSSR count). The Kier molecular flexibility index (Phi) is 11.2. The Bertz CT molecular complexity index is 1640. The van der Waals surface area contributed by atoms with Gasteiger partial charge in [0.2, 0.25) is 5.13 Å². The molecule has 0 saturated carbocycles. The lowest BCUT2D eigenvalue weighted by Gasteiger charge is -2.22. The van der Waals surface area contributed by atoms with E-state index in [0.29, 0.717) is 51.0 Å². The minimum atomic E-state index is -0.919. The number of ether oxygens (including phenoxy) is 2. The molecule has 45 heavy (non-hydrogen) atoms. The molecule has 1 N–H and O–H groups in total. The molecule has 0 aliphatic carbocycles. The van der Waals surface area contributed by atoms with Gasteiger partial charge in [-0.3, -0.25) is 14.5 Å². The van der Waals surface area contributed by atoms with Crippen LogP contribution in [0.25, 0.3) is 5.76 Å². The largest absolute Gasteiger partial charge is 0.507 e. The second-order valence-corrected chi connectivity index (χ2v) is 13.0. The average molecular weight is 664 g/mol. The molecular formula is C34H34ClN3O5S2. The summed E-state index contributed by atoms with van der Waals surface area (Å²) in [4.78, 5) is 28.5. The van der Waals surface area contributed by atoms with Gasteiger partial charge < -0.3 is 14.6 Å². The Morgan fingerprint density at radius 1 is 0.889 bits per heavy atom. The molecule has 8 nitrogen and oxygen atoms in total. The molecule has 0 radical (unpaired) electrons. The highest BCUT2D eigenvalue weighted by molar-refractivity contribution is 8.00. The van der Waals surface area contributed by atoms with E-state index in [1.54, 1.807) is 48.5 Å². The van der Waals surface area contributed by atoms with Crippen LogP contribution in [0.2, 0.25) is 5.02 Å². The molecule has 2 heterocycles. The number of aliphatic hydroxyl groups excluding tert-OH is 1. The van der Waals surface area contributed by atoms with Gasteiger partial charge >= 0.3 is 5.91 Å². The van der Waals surface area contributed by atoms with Crippen molar-refractivity contribution in [1.29, 1.82) is 0 Å². The lowest BCUT2D eigenvalue weighted by Crippen LogP contribution is -2.29. The van der Waals surface area contributed by atoms with Gasteiger partial charge in [0.25, 0.3) is 5.78 Å². The van der Waals surface area contributed by atoms with E-state index in [0.717, 1.165) is 31.2 Å². The number of carbonyl (C=O) groups excluding carboxylic acids is 2. The first-order chi connectivity index (χ1) is 21.9. The third kappa shape index (κ3) is 7.87. The van der Waals surface area contributed by atoms with Crippen molar-refractivity contribution >= 4 is 57.3 Å². The van der Waals surface area contributed by atoms with Crippen LogP contribution in [0.3, 0.4) is 0 Å². The molecule has 1 aliphatic rings. The smallest absolute Gasteiger partial charge is 0.301 e. The molecule has 1 fully saturated rings. The molecule has 1 saturated heterocycles. The average Bonchev–Trinajstić information content (AvgIpc) is 3.63. The number of amides is 1. The number of benzene rings is 3. The lowest BCUT2D eigenvalue weighted by atomic mass is 9.95. The van der Waals surface area contributed by atoms with Crippen LogP contribution in [-0.2, 0) is 15.3 Å². The van der Waals surface area contributed by atoms with Crippen LogP contribution >= 0.6 is 34.7 Å². The van der Waals surface area contributed by atoms with Crippen molar-refractivity contribution in [2.45, 2.75) is 55.7 Å². The monoisotopic (exact) mass is 663 g/mol. The second kappa shape index (κ2) is 15.4. The van der Waals surface area contributed by atoms with Crippen molar-refractivity contribution in [1.82, 2.24) is 10.2 Å². The Balaban J connectivity index is 1.47. The van der Waals surface area contributed by atoms with Gasteiger partial charge in [0, 0.05) is 16.3 Å². The molecule has 234 valence electrons. The Hall–Kier alpha value is -3.86. The summed E-state index contributed by atoms with van der Waals surface area (Å²) in [6, 6.07) is 20.7. The van der Waals surface area contributed by atoms with Crippen LogP contribution in [0.5, 0.6) is 11.5 Å². The maximum absolute atomic E-state index is 13.6. The van der Waals surface area contributed by atoms with E-state index in [9.17, 15) is 14.7 Å². The number of halogens is 1. The summed E-state index contributed by atoms with van der Waals surface area (Å²) in [5, 5.41) is 21.0. The number of thioether (sulfide) groups is 1. The summed E-state index contributed by atoms with van der Waals surface area (Å²) in [5.41, 5.74) is 2.06. The zero-order chi connectivity index (χ0) is 31.8. The standard InChI is InChI=1S/C34H34ClN3O5S2/c1-3-5-19-42-26-15-9-23(10-16-26)29-28(30(39)24-11-17-27(18-12-24)43-20-6-4-2)31(40)32(41)38(29)33-36-37-34(45-33)44-21-22-7-13-25(35)14-8-22/h7-18,29,39H,3-6,19-21H2,1-2H3/t29-/m0/s1. The zero-order valence-corrected chi connectivity index (χ0v) is 27.5. The second-order valence-electron chi connectivity index (χ2n) is 10.4. The number of hydrogen-bond acceptors (Lipinski definition) is 9. The van der Waals surface area contributed by atoms with Gasteiger partial charge in [-0.2, -0.15) is 0 Å². The summed E-state index contributed by atoms with van der Waals surface area (Å²) in [6.07, 6.45) is 3.89. The Morgan fingerprint density at radius 2 is 1.49 bits per heavy atom. The first-order valence-corrected chi connectivity index (χ1v) is 17.0. The minimum Gasteiger partial charge on any atom is -0.507 e. The number of aliphatic hydroxyl groups is 1. The van der Waals surface area contributed by atoms with E-state index >= 15 is 0 Å². The predicted molar refractivity (Wildman–Crippen MR) is 179 cm³/mol. The predicted octanol–water partition coefficient (Wildman–Crippen LogP) is 8.47. The van der Waals surface area contributed by atoms with Gasteiger partial charge in [-0.25, -0.2) is 0 Å². The van der Waals surface area contributed by atoms with E-state index in [-0.39, 0.29) is 16.5 Å². The molecule has 0 bridgehead atoms. The van der Waals surface area contributed by atoms with E-state index in [1.165, 1.54) is 28.0 Å². The lowest BCUT2D eigenvalue weighted by molar-refractivity contribution is -0.132. The van der Waals surface area contributed by atoms with E-state index in [1.807, 2.05) is 24.3 Å². The Labute approximate surface area is 276 Å². The molecule has 1 amide bonds. The minimum absolute atomic E-state index is 0.0233. The van der Waals surface area contributed by atoms with Crippen LogP contribution in [0, 0.1) is 0 Å². The fraction of sp³-hybridized carbons (Fsp3) is 0.294. The molecule has 1 atom stereocenters. The Morgan fingerprint density at radius 3 is 2.09 bits per heavy atom. The zero-order valence-electron chi connectivity index (χ0n) is 25.1. The van der Waals surface area contributed by atoms with Crippen molar-refractivity contribution < 1.29 is 24.2 Å². The van der Waals surface area contributed by atoms with Gasteiger partial charge in [-0.05, 0) is 72.5 Å².